The van der Waals surface area contributed by atoms with Crippen LogP contribution in [0.15, 0.2) is 18.2 Å². The van der Waals surface area contributed by atoms with Crippen molar-refractivity contribution in [1.82, 2.24) is 5.32 Å². The van der Waals surface area contributed by atoms with E-state index < -0.39 is 0 Å². The van der Waals surface area contributed by atoms with E-state index in [1.807, 2.05) is 19.1 Å². The Morgan fingerprint density at radius 2 is 1.81 bits per heavy atom. The number of rotatable bonds is 4. The van der Waals surface area contributed by atoms with Crippen LogP contribution in [0.25, 0.3) is 0 Å². The lowest BCUT2D eigenvalue weighted by atomic mass is 10.1. The second-order valence-corrected chi connectivity index (χ2v) is 5.05. The van der Waals surface area contributed by atoms with Gasteiger partial charge in [-0.3, -0.25) is 0 Å². The molecule has 3 N–H and O–H groups in total. The molecule has 0 amide bonds. The van der Waals surface area contributed by atoms with Gasteiger partial charge in [0.25, 0.3) is 0 Å². The summed E-state index contributed by atoms with van der Waals surface area (Å²) in [5.74, 6) is 0. The molecule has 0 aliphatic rings. The van der Waals surface area contributed by atoms with Crippen LogP contribution in [0.5, 0.6) is 0 Å². The van der Waals surface area contributed by atoms with E-state index >= 15 is 0 Å². The number of nitrogens with one attached hydrogen (secondary N) is 1. The van der Waals surface area contributed by atoms with E-state index in [0.717, 1.165) is 5.56 Å². The standard InChI is InChI=1S/C12H18Cl2N2/c1-7(15)8(2)16-9(3)11-5-4-10(13)6-12(11)14/h4-9,16H,15H2,1-3H3. The summed E-state index contributed by atoms with van der Waals surface area (Å²) < 4.78 is 0. The molecular formula is C12H18Cl2N2. The van der Waals surface area contributed by atoms with Gasteiger partial charge >= 0.3 is 0 Å². The Morgan fingerprint density at radius 1 is 1.19 bits per heavy atom. The molecule has 90 valence electrons. The lowest BCUT2D eigenvalue weighted by molar-refractivity contribution is 0.430. The summed E-state index contributed by atoms with van der Waals surface area (Å²) in [7, 11) is 0. The first-order chi connectivity index (χ1) is 7.41. The lowest BCUT2D eigenvalue weighted by Gasteiger charge is -2.23. The van der Waals surface area contributed by atoms with Crippen LogP contribution < -0.4 is 11.1 Å². The van der Waals surface area contributed by atoms with Gasteiger partial charge < -0.3 is 11.1 Å². The van der Waals surface area contributed by atoms with Crippen molar-refractivity contribution in [2.75, 3.05) is 0 Å². The van der Waals surface area contributed by atoms with E-state index in [1.54, 1.807) is 6.07 Å². The van der Waals surface area contributed by atoms with Crippen molar-refractivity contribution in [3.05, 3.63) is 33.8 Å². The van der Waals surface area contributed by atoms with Gasteiger partial charge in [0.1, 0.15) is 0 Å². The second kappa shape index (κ2) is 5.87. The highest BCUT2D eigenvalue weighted by molar-refractivity contribution is 6.35. The molecule has 0 saturated heterocycles. The first-order valence-corrected chi connectivity index (χ1v) is 6.14. The van der Waals surface area contributed by atoms with Crippen LogP contribution in [0.4, 0.5) is 0 Å². The van der Waals surface area contributed by atoms with Gasteiger partial charge in [0, 0.05) is 28.2 Å². The van der Waals surface area contributed by atoms with Gasteiger partial charge in [-0.25, -0.2) is 0 Å². The topological polar surface area (TPSA) is 38.0 Å². The third-order valence-corrected chi connectivity index (χ3v) is 3.29. The Labute approximate surface area is 107 Å². The van der Waals surface area contributed by atoms with Crippen LogP contribution in [0, 0.1) is 0 Å². The van der Waals surface area contributed by atoms with E-state index in [0.29, 0.717) is 10.0 Å². The molecule has 3 atom stereocenters. The number of hydrogen-bond acceptors (Lipinski definition) is 2. The highest BCUT2D eigenvalue weighted by atomic mass is 35.5. The van der Waals surface area contributed by atoms with Crippen LogP contribution in [0.3, 0.4) is 0 Å². The SMILES string of the molecule is CC(NC(C)C(C)N)c1ccc(Cl)cc1Cl. The zero-order valence-corrected chi connectivity index (χ0v) is 11.3. The molecule has 1 rings (SSSR count). The Balaban J connectivity index is 2.76. The minimum Gasteiger partial charge on any atom is -0.327 e. The minimum atomic E-state index is 0.105. The van der Waals surface area contributed by atoms with Gasteiger partial charge in [0.15, 0.2) is 0 Å². The Hall–Kier alpha value is -0.280. The molecule has 0 aliphatic heterocycles. The van der Waals surface area contributed by atoms with Crippen LogP contribution in [-0.2, 0) is 0 Å². The van der Waals surface area contributed by atoms with Crippen molar-refractivity contribution in [2.24, 2.45) is 5.73 Å². The lowest BCUT2D eigenvalue weighted by Crippen LogP contribution is -2.42. The molecule has 0 spiro atoms. The van der Waals surface area contributed by atoms with Crippen molar-refractivity contribution >= 4 is 23.2 Å². The third kappa shape index (κ3) is 3.63. The average Bonchev–Trinajstić information content (AvgIpc) is 2.16. The monoisotopic (exact) mass is 260 g/mol. The molecule has 1 aromatic rings. The minimum absolute atomic E-state index is 0.105. The zero-order chi connectivity index (χ0) is 12.3. The maximum atomic E-state index is 6.13. The second-order valence-electron chi connectivity index (χ2n) is 4.20. The molecule has 0 fully saturated rings. The highest BCUT2D eigenvalue weighted by Gasteiger charge is 2.14. The maximum Gasteiger partial charge on any atom is 0.0468 e. The van der Waals surface area contributed by atoms with E-state index in [1.165, 1.54) is 0 Å². The molecule has 16 heavy (non-hydrogen) atoms. The Kier molecular flexibility index (Phi) is 5.06. The molecule has 0 bridgehead atoms. The van der Waals surface area contributed by atoms with E-state index in [9.17, 15) is 0 Å². The smallest absolute Gasteiger partial charge is 0.0468 e. The van der Waals surface area contributed by atoms with Gasteiger partial charge in [-0.1, -0.05) is 29.3 Å². The van der Waals surface area contributed by atoms with Crippen LogP contribution in [-0.4, -0.2) is 12.1 Å². The number of hydrogen-bond donors (Lipinski definition) is 2. The average molecular weight is 261 g/mol. The third-order valence-electron chi connectivity index (χ3n) is 2.73. The molecule has 0 radical (unpaired) electrons. The number of halogens is 2. The van der Waals surface area contributed by atoms with Gasteiger partial charge in [-0.05, 0) is 38.5 Å². The van der Waals surface area contributed by atoms with Crippen molar-refractivity contribution in [3.8, 4) is 0 Å². The Bertz CT molecular complexity index is 353. The molecule has 3 unspecified atom stereocenters. The summed E-state index contributed by atoms with van der Waals surface area (Å²) in [6.07, 6.45) is 0. The van der Waals surface area contributed by atoms with E-state index in [-0.39, 0.29) is 18.1 Å². The van der Waals surface area contributed by atoms with E-state index in [2.05, 4.69) is 19.2 Å². The zero-order valence-electron chi connectivity index (χ0n) is 9.80. The molecule has 1 aromatic carbocycles. The molecule has 4 heteroatoms. The fourth-order valence-corrected chi connectivity index (χ4v) is 2.06. The fourth-order valence-electron chi connectivity index (χ4n) is 1.49. The summed E-state index contributed by atoms with van der Waals surface area (Å²) >= 11 is 12.0. The van der Waals surface area contributed by atoms with Crippen molar-refractivity contribution in [1.29, 1.82) is 0 Å². The van der Waals surface area contributed by atoms with E-state index in [4.69, 9.17) is 28.9 Å². The largest absolute Gasteiger partial charge is 0.327 e. The molecule has 0 aliphatic carbocycles. The Morgan fingerprint density at radius 3 is 2.31 bits per heavy atom. The predicted octanol–water partition coefficient (Wildman–Crippen LogP) is 3.38. The quantitative estimate of drug-likeness (QED) is 0.871. The molecule has 0 aromatic heterocycles. The summed E-state index contributed by atoms with van der Waals surface area (Å²) in [5.41, 5.74) is 6.85. The first-order valence-electron chi connectivity index (χ1n) is 5.38. The van der Waals surface area contributed by atoms with Crippen LogP contribution >= 0.6 is 23.2 Å². The van der Waals surface area contributed by atoms with Gasteiger partial charge in [-0.2, -0.15) is 0 Å². The summed E-state index contributed by atoms with van der Waals surface area (Å²) in [4.78, 5) is 0. The summed E-state index contributed by atoms with van der Waals surface area (Å²) in [5, 5.41) is 4.74. The number of nitrogens with two attached hydrogens (primary N) is 1. The molecule has 2 nitrogen and oxygen atoms in total. The first kappa shape index (κ1) is 13.8. The van der Waals surface area contributed by atoms with Crippen molar-refractivity contribution in [3.63, 3.8) is 0 Å². The summed E-state index contributed by atoms with van der Waals surface area (Å²) in [6.45, 7) is 6.10. The van der Waals surface area contributed by atoms with Crippen LogP contribution in [0.2, 0.25) is 10.0 Å². The number of benzene rings is 1. The van der Waals surface area contributed by atoms with Gasteiger partial charge in [0.05, 0.1) is 0 Å². The molecule has 0 saturated carbocycles. The molecule has 0 heterocycles. The summed E-state index contributed by atoms with van der Waals surface area (Å²) in [6, 6.07) is 6.04. The highest BCUT2D eigenvalue weighted by Crippen LogP contribution is 2.26. The van der Waals surface area contributed by atoms with Crippen molar-refractivity contribution in [2.45, 2.75) is 38.9 Å². The molecular weight excluding hydrogens is 243 g/mol. The van der Waals surface area contributed by atoms with Crippen molar-refractivity contribution < 1.29 is 0 Å². The maximum absolute atomic E-state index is 6.13. The predicted molar refractivity (Wildman–Crippen MR) is 71.1 cm³/mol. The fraction of sp³-hybridized carbons (Fsp3) is 0.500. The van der Waals surface area contributed by atoms with Crippen LogP contribution in [0.1, 0.15) is 32.4 Å². The van der Waals surface area contributed by atoms with Gasteiger partial charge in [-0.15, -0.1) is 0 Å². The van der Waals surface area contributed by atoms with Gasteiger partial charge in [0.2, 0.25) is 0 Å². The normalized spacial score (nSPS) is 16.9.